The number of nitrogens with one attached hydrogen (secondary N) is 1. The molecule has 0 spiro atoms. The molecule has 1 aliphatic heterocycles. The van der Waals surface area contributed by atoms with Gasteiger partial charge in [-0.3, -0.25) is 4.99 Å². The summed E-state index contributed by atoms with van der Waals surface area (Å²) in [5.41, 5.74) is 0. The lowest BCUT2D eigenvalue weighted by molar-refractivity contribution is 0.407. The van der Waals surface area contributed by atoms with Gasteiger partial charge in [-0.05, 0) is 25.2 Å². The topological polar surface area (TPSA) is 27.6 Å². The van der Waals surface area contributed by atoms with Crippen LogP contribution in [0.15, 0.2) is 4.99 Å². The monoisotopic (exact) mass is 369 g/mol. The van der Waals surface area contributed by atoms with E-state index in [0.29, 0.717) is 0 Å². The van der Waals surface area contributed by atoms with Crippen molar-refractivity contribution in [2.75, 3.05) is 32.4 Å². The van der Waals surface area contributed by atoms with Gasteiger partial charge in [-0.25, -0.2) is 0 Å². The highest BCUT2D eigenvalue weighted by molar-refractivity contribution is 14.0. The molecule has 0 radical (unpaired) electrons. The van der Waals surface area contributed by atoms with Crippen LogP contribution in [0, 0.1) is 5.92 Å². The number of hydrogen-bond acceptors (Lipinski definition) is 2. The van der Waals surface area contributed by atoms with Crippen molar-refractivity contribution in [3.63, 3.8) is 0 Å². The molecule has 0 aromatic heterocycles. The highest BCUT2D eigenvalue weighted by Crippen LogP contribution is 2.27. The van der Waals surface area contributed by atoms with Crippen molar-refractivity contribution in [2.24, 2.45) is 10.9 Å². The molecule has 0 amide bonds. The molecule has 1 heterocycles. The summed E-state index contributed by atoms with van der Waals surface area (Å²) < 4.78 is 0. The average molecular weight is 369 g/mol. The van der Waals surface area contributed by atoms with E-state index in [9.17, 15) is 0 Å². The predicted molar refractivity (Wildman–Crippen MR) is 87.6 cm³/mol. The van der Waals surface area contributed by atoms with E-state index in [4.69, 9.17) is 0 Å². The van der Waals surface area contributed by atoms with Crippen molar-refractivity contribution >= 4 is 41.7 Å². The van der Waals surface area contributed by atoms with Crippen LogP contribution in [0.1, 0.15) is 26.2 Å². The summed E-state index contributed by atoms with van der Waals surface area (Å²) in [5, 5.41) is 4.30. The van der Waals surface area contributed by atoms with E-state index in [2.05, 4.69) is 33.9 Å². The van der Waals surface area contributed by atoms with Gasteiger partial charge in [0, 0.05) is 37.7 Å². The minimum Gasteiger partial charge on any atom is -0.356 e. The molecule has 2 aliphatic rings. The molecule has 2 fully saturated rings. The molecule has 0 bridgehead atoms. The van der Waals surface area contributed by atoms with Gasteiger partial charge in [0.15, 0.2) is 5.96 Å². The van der Waals surface area contributed by atoms with Gasteiger partial charge in [-0.15, -0.1) is 24.0 Å². The molecular weight excluding hydrogens is 345 g/mol. The summed E-state index contributed by atoms with van der Waals surface area (Å²) in [6.45, 7) is 5.70. The summed E-state index contributed by atoms with van der Waals surface area (Å²) in [6, 6.07) is 0. The van der Waals surface area contributed by atoms with Crippen molar-refractivity contribution in [1.29, 1.82) is 0 Å². The Morgan fingerprint density at radius 3 is 2.82 bits per heavy atom. The van der Waals surface area contributed by atoms with Crippen molar-refractivity contribution in [1.82, 2.24) is 10.2 Å². The smallest absolute Gasteiger partial charge is 0.193 e. The van der Waals surface area contributed by atoms with E-state index in [-0.39, 0.29) is 24.0 Å². The summed E-state index contributed by atoms with van der Waals surface area (Å²) in [7, 11) is 1.90. The van der Waals surface area contributed by atoms with Gasteiger partial charge in [-0.2, -0.15) is 11.8 Å². The first kappa shape index (κ1) is 15.4. The number of nitrogens with zero attached hydrogens (tertiary/aromatic N) is 2. The van der Waals surface area contributed by atoms with Gasteiger partial charge in [0.25, 0.3) is 0 Å². The second-order valence-corrected chi connectivity index (χ2v) is 6.13. The maximum atomic E-state index is 4.40. The Morgan fingerprint density at radius 1 is 1.47 bits per heavy atom. The lowest BCUT2D eigenvalue weighted by Crippen LogP contribution is -2.48. The third-order valence-corrected chi connectivity index (χ3v) is 4.72. The van der Waals surface area contributed by atoms with Crippen LogP contribution in [0.2, 0.25) is 0 Å². The van der Waals surface area contributed by atoms with Gasteiger partial charge in [0.2, 0.25) is 0 Å². The Labute approximate surface area is 126 Å². The SMILES string of the molecule is CCC1CN(C(=NC)NCC2CC2)CCS1.I. The Hall–Kier alpha value is 0.350. The van der Waals surface area contributed by atoms with Gasteiger partial charge in [-0.1, -0.05) is 6.92 Å². The standard InChI is InChI=1S/C12H23N3S.HI/c1-3-11-9-15(6-7-16-11)12(13-2)14-8-10-4-5-10;/h10-11H,3-9H2,1-2H3,(H,13,14);1H. The third kappa shape index (κ3) is 4.85. The van der Waals surface area contributed by atoms with Crippen molar-refractivity contribution < 1.29 is 0 Å². The molecule has 1 unspecified atom stereocenters. The number of aliphatic imine (C=N–C) groups is 1. The number of thioether (sulfide) groups is 1. The summed E-state index contributed by atoms with van der Waals surface area (Å²) >= 11 is 2.11. The third-order valence-electron chi connectivity index (χ3n) is 3.35. The zero-order chi connectivity index (χ0) is 11.4. The van der Waals surface area contributed by atoms with Crippen molar-refractivity contribution in [3.8, 4) is 0 Å². The van der Waals surface area contributed by atoms with Crippen LogP contribution in [0.25, 0.3) is 0 Å². The van der Waals surface area contributed by atoms with Crippen LogP contribution in [0.4, 0.5) is 0 Å². The number of guanidine groups is 1. The zero-order valence-electron chi connectivity index (χ0n) is 10.8. The normalized spacial score (nSPS) is 25.4. The maximum absolute atomic E-state index is 4.40. The molecule has 100 valence electrons. The van der Waals surface area contributed by atoms with Crippen LogP contribution in [-0.2, 0) is 0 Å². The van der Waals surface area contributed by atoms with E-state index in [1.807, 2.05) is 7.05 Å². The molecule has 1 aliphatic carbocycles. The van der Waals surface area contributed by atoms with Crippen molar-refractivity contribution in [2.45, 2.75) is 31.4 Å². The van der Waals surface area contributed by atoms with Crippen LogP contribution < -0.4 is 5.32 Å². The molecule has 0 aromatic rings. The minimum absolute atomic E-state index is 0. The number of hydrogen-bond donors (Lipinski definition) is 1. The fraction of sp³-hybridized carbons (Fsp3) is 0.917. The highest BCUT2D eigenvalue weighted by atomic mass is 127. The molecule has 2 rings (SSSR count). The molecule has 1 saturated heterocycles. The lowest BCUT2D eigenvalue weighted by atomic mass is 10.3. The first-order valence-electron chi connectivity index (χ1n) is 6.40. The Morgan fingerprint density at radius 2 is 2.24 bits per heavy atom. The number of rotatable bonds is 3. The molecule has 1 atom stereocenters. The first-order chi connectivity index (χ1) is 7.83. The second-order valence-electron chi connectivity index (χ2n) is 4.72. The van der Waals surface area contributed by atoms with E-state index in [1.54, 1.807) is 0 Å². The molecule has 3 nitrogen and oxygen atoms in total. The summed E-state index contributed by atoms with van der Waals surface area (Å²) in [6.07, 6.45) is 4.07. The summed E-state index contributed by atoms with van der Waals surface area (Å²) in [4.78, 5) is 6.83. The molecule has 0 aromatic carbocycles. The molecule has 1 saturated carbocycles. The second kappa shape index (κ2) is 7.71. The minimum atomic E-state index is 0. The fourth-order valence-corrected chi connectivity index (χ4v) is 3.23. The van der Waals surface area contributed by atoms with E-state index < -0.39 is 0 Å². The lowest BCUT2D eigenvalue weighted by Gasteiger charge is -2.34. The van der Waals surface area contributed by atoms with E-state index >= 15 is 0 Å². The predicted octanol–water partition coefficient (Wildman–Crippen LogP) is 2.42. The largest absolute Gasteiger partial charge is 0.356 e. The van der Waals surface area contributed by atoms with Gasteiger partial charge in [0.05, 0.1) is 0 Å². The molecule has 17 heavy (non-hydrogen) atoms. The first-order valence-corrected chi connectivity index (χ1v) is 7.45. The maximum Gasteiger partial charge on any atom is 0.193 e. The molecule has 1 N–H and O–H groups in total. The Kier molecular flexibility index (Phi) is 6.99. The Balaban J connectivity index is 0.00000144. The van der Waals surface area contributed by atoms with Gasteiger partial charge in [0.1, 0.15) is 0 Å². The van der Waals surface area contributed by atoms with Crippen LogP contribution in [0.3, 0.4) is 0 Å². The van der Waals surface area contributed by atoms with Crippen LogP contribution in [0.5, 0.6) is 0 Å². The average Bonchev–Trinajstić information content (AvgIpc) is 3.14. The van der Waals surface area contributed by atoms with E-state index in [0.717, 1.165) is 36.8 Å². The van der Waals surface area contributed by atoms with Gasteiger partial charge < -0.3 is 10.2 Å². The van der Waals surface area contributed by atoms with Gasteiger partial charge >= 0.3 is 0 Å². The number of halogens is 1. The fourth-order valence-electron chi connectivity index (χ4n) is 2.05. The zero-order valence-corrected chi connectivity index (χ0v) is 14.0. The highest BCUT2D eigenvalue weighted by Gasteiger charge is 2.24. The van der Waals surface area contributed by atoms with Crippen LogP contribution in [-0.4, -0.2) is 48.5 Å². The molecular formula is C12H24IN3S. The quantitative estimate of drug-likeness (QED) is 0.471. The summed E-state index contributed by atoms with van der Waals surface area (Å²) in [5.74, 6) is 3.27. The Bertz CT molecular complexity index is 256. The molecule has 5 heteroatoms. The van der Waals surface area contributed by atoms with Crippen LogP contribution >= 0.6 is 35.7 Å². The van der Waals surface area contributed by atoms with E-state index in [1.165, 1.54) is 25.0 Å². The van der Waals surface area contributed by atoms with Crippen molar-refractivity contribution in [3.05, 3.63) is 0 Å².